The quantitative estimate of drug-likeness (QED) is 0.863. The molecule has 2 aromatic heterocycles. The summed E-state index contributed by atoms with van der Waals surface area (Å²) in [6.07, 6.45) is 5.36. The third kappa shape index (κ3) is 2.76. The normalized spacial score (nSPS) is 12.4. The molecule has 0 aliphatic rings. The second kappa shape index (κ2) is 6.33. The molecule has 0 amide bonds. The van der Waals surface area contributed by atoms with Crippen LogP contribution in [0.4, 0.5) is 0 Å². The average Bonchev–Trinajstić information content (AvgIpc) is 2.93. The van der Waals surface area contributed by atoms with E-state index in [1.54, 1.807) is 19.5 Å². The van der Waals surface area contributed by atoms with Crippen LogP contribution in [0, 0.1) is 0 Å². The van der Waals surface area contributed by atoms with Crippen LogP contribution in [0.15, 0.2) is 30.7 Å². The van der Waals surface area contributed by atoms with Gasteiger partial charge in [0, 0.05) is 24.5 Å². The van der Waals surface area contributed by atoms with Crippen molar-refractivity contribution in [3.63, 3.8) is 0 Å². The van der Waals surface area contributed by atoms with Gasteiger partial charge < -0.3 is 10.1 Å². The molecule has 0 spiro atoms. The number of hydrogen-bond acceptors (Lipinski definition) is 4. The Morgan fingerprint density at radius 3 is 2.84 bits per heavy atom. The smallest absolute Gasteiger partial charge is 0.142 e. The van der Waals surface area contributed by atoms with Crippen LogP contribution >= 0.6 is 0 Å². The summed E-state index contributed by atoms with van der Waals surface area (Å²) in [5, 5.41) is 7.82. The summed E-state index contributed by atoms with van der Waals surface area (Å²) < 4.78 is 7.41. The topological polar surface area (TPSA) is 52.0 Å². The first-order chi connectivity index (χ1) is 9.31. The van der Waals surface area contributed by atoms with Crippen LogP contribution in [0.1, 0.15) is 31.1 Å². The number of aryl methyl sites for hydroxylation is 1. The molecule has 19 heavy (non-hydrogen) atoms. The summed E-state index contributed by atoms with van der Waals surface area (Å²) in [5.41, 5.74) is 2.21. The van der Waals surface area contributed by atoms with Crippen LogP contribution in [0.3, 0.4) is 0 Å². The Morgan fingerprint density at radius 2 is 2.16 bits per heavy atom. The predicted octanol–water partition coefficient (Wildman–Crippen LogP) is 2.01. The lowest BCUT2D eigenvalue weighted by Gasteiger charge is -2.21. The van der Waals surface area contributed by atoms with E-state index in [1.807, 2.05) is 23.0 Å². The number of rotatable bonds is 6. The molecular weight excluding hydrogens is 240 g/mol. The first-order valence-corrected chi connectivity index (χ1v) is 6.54. The number of hydrogen-bond donors (Lipinski definition) is 1. The van der Waals surface area contributed by atoms with E-state index in [-0.39, 0.29) is 6.04 Å². The Balaban J connectivity index is 2.45. The van der Waals surface area contributed by atoms with Gasteiger partial charge in [-0.3, -0.25) is 9.67 Å². The summed E-state index contributed by atoms with van der Waals surface area (Å²) >= 11 is 0. The van der Waals surface area contributed by atoms with Gasteiger partial charge in [0.25, 0.3) is 0 Å². The Kier molecular flexibility index (Phi) is 4.52. The average molecular weight is 260 g/mol. The van der Waals surface area contributed by atoms with Crippen molar-refractivity contribution >= 4 is 0 Å². The van der Waals surface area contributed by atoms with E-state index in [0.29, 0.717) is 0 Å². The van der Waals surface area contributed by atoms with Crippen LogP contribution in [-0.2, 0) is 6.54 Å². The van der Waals surface area contributed by atoms with E-state index in [1.165, 1.54) is 0 Å². The van der Waals surface area contributed by atoms with Crippen molar-refractivity contribution in [2.24, 2.45) is 0 Å². The van der Waals surface area contributed by atoms with Gasteiger partial charge >= 0.3 is 0 Å². The van der Waals surface area contributed by atoms with Crippen molar-refractivity contribution in [2.45, 2.75) is 26.4 Å². The highest BCUT2D eigenvalue weighted by Gasteiger charge is 2.20. The zero-order valence-corrected chi connectivity index (χ0v) is 11.6. The zero-order chi connectivity index (χ0) is 13.7. The monoisotopic (exact) mass is 260 g/mol. The number of methoxy groups -OCH3 is 1. The van der Waals surface area contributed by atoms with E-state index in [4.69, 9.17) is 4.74 Å². The first-order valence-electron chi connectivity index (χ1n) is 6.54. The van der Waals surface area contributed by atoms with E-state index >= 15 is 0 Å². The molecule has 5 heteroatoms. The van der Waals surface area contributed by atoms with Crippen LogP contribution < -0.4 is 10.1 Å². The first kappa shape index (κ1) is 13.5. The summed E-state index contributed by atoms with van der Waals surface area (Å²) in [5.74, 6) is 0.789. The number of nitrogens with zero attached hydrogens (tertiary/aromatic N) is 3. The SMILES string of the molecule is CCNC(c1ccncc1OC)c1ccnn1CC. The molecule has 2 aromatic rings. The number of ether oxygens (including phenoxy) is 1. The summed E-state index contributed by atoms with van der Waals surface area (Å²) in [6.45, 7) is 5.89. The van der Waals surface area contributed by atoms with Gasteiger partial charge in [0.1, 0.15) is 5.75 Å². The Hall–Kier alpha value is -1.88. The fraction of sp³-hybridized carbons (Fsp3) is 0.429. The number of aromatic nitrogens is 3. The predicted molar refractivity (Wildman–Crippen MR) is 74.2 cm³/mol. The third-order valence-corrected chi connectivity index (χ3v) is 3.10. The minimum Gasteiger partial charge on any atom is -0.495 e. The van der Waals surface area contributed by atoms with Gasteiger partial charge in [-0.25, -0.2) is 0 Å². The fourth-order valence-corrected chi connectivity index (χ4v) is 2.23. The Morgan fingerprint density at radius 1 is 1.32 bits per heavy atom. The van der Waals surface area contributed by atoms with E-state index in [0.717, 1.165) is 30.1 Å². The number of nitrogens with one attached hydrogen (secondary N) is 1. The molecule has 0 aromatic carbocycles. The zero-order valence-electron chi connectivity index (χ0n) is 11.6. The highest BCUT2D eigenvalue weighted by Crippen LogP contribution is 2.28. The minimum atomic E-state index is 0.0606. The van der Waals surface area contributed by atoms with Crippen LogP contribution in [0.25, 0.3) is 0 Å². The van der Waals surface area contributed by atoms with E-state index in [9.17, 15) is 0 Å². The molecule has 102 valence electrons. The molecule has 0 saturated heterocycles. The molecule has 0 saturated carbocycles. The molecule has 1 unspecified atom stereocenters. The van der Waals surface area contributed by atoms with Crippen molar-refractivity contribution in [1.29, 1.82) is 0 Å². The van der Waals surface area contributed by atoms with Crippen LogP contribution in [-0.4, -0.2) is 28.4 Å². The summed E-state index contributed by atoms with van der Waals surface area (Å²) in [7, 11) is 1.67. The molecule has 1 N–H and O–H groups in total. The van der Waals surface area contributed by atoms with Gasteiger partial charge in [0.15, 0.2) is 0 Å². The second-order valence-corrected chi connectivity index (χ2v) is 4.18. The van der Waals surface area contributed by atoms with Gasteiger partial charge in [0.05, 0.1) is 25.0 Å². The van der Waals surface area contributed by atoms with Crippen molar-refractivity contribution in [2.75, 3.05) is 13.7 Å². The van der Waals surface area contributed by atoms with Crippen molar-refractivity contribution in [3.8, 4) is 5.75 Å². The molecule has 2 heterocycles. The van der Waals surface area contributed by atoms with Crippen molar-refractivity contribution in [3.05, 3.63) is 42.0 Å². The molecule has 5 nitrogen and oxygen atoms in total. The molecule has 0 radical (unpaired) electrons. The Labute approximate surface area is 113 Å². The van der Waals surface area contributed by atoms with E-state index < -0.39 is 0 Å². The van der Waals surface area contributed by atoms with Crippen molar-refractivity contribution < 1.29 is 4.74 Å². The maximum atomic E-state index is 5.41. The van der Waals surface area contributed by atoms with E-state index in [2.05, 4.69) is 29.2 Å². The van der Waals surface area contributed by atoms with Crippen molar-refractivity contribution in [1.82, 2.24) is 20.1 Å². The molecule has 0 aliphatic heterocycles. The molecular formula is C14H20N4O. The second-order valence-electron chi connectivity index (χ2n) is 4.18. The Bertz CT molecular complexity index is 524. The minimum absolute atomic E-state index is 0.0606. The maximum absolute atomic E-state index is 5.41. The maximum Gasteiger partial charge on any atom is 0.142 e. The van der Waals surface area contributed by atoms with Gasteiger partial charge in [-0.2, -0.15) is 5.10 Å². The van der Waals surface area contributed by atoms with Crippen LogP contribution in [0.5, 0.6) is 5.75 Å². The molecule has 0 fully saturated rings. The van der Waals surface area contributed by atoms with Crippen LogP contribution in [0.2, 0.25) is 0 Å². The highest BCUT2D eigenvalue weighted by atomic mass is 16.5. The molecule has 2 rings (SSSR count). The lowest BCUT2D eigenvalue weighted by molar-refractivity contribution is 0.400. The lowest BCUT2D eigenvalue weighted by Crippen LogP contribution is -2.25. The lowest BCUT2D eigenvalue weighted by atomic mass is 10.0. The highest BCUT2D eigenvalue weighted by molar-refractivity contribution is 5.37. The third-order valence-electron chi connectivity index (χ3n) is 3.10. The summed E-state index contributed by atoms with van der Waals surface area (Å²) in [6, 6.07) is 4.08. The molecule has 0 aliphatic carbocycles. The van der Waals surface area contributed by atoms with Gasteiger partial charge in [-0.1, -0.05) is 6.92 Å². The van der Waals surface area contributed by atoms with Gasteiger partial charge in [0.2, 0.25) is 0 Å². The van der Waals surface area contributed by atoms with Gasteiger partial charge in [-0.05, 0) is 25.6 Å². The fourth-order valence-electron chi connectivity index (χ4n) is 2.23. The largest absolute Gasteiger partial charge is 0.495 e. The number of pyridine rings is 1. The standard InChI is InChI=1S/C14H20N4O/c1-4-16-14(12-7-9-17-18(12)5-2)11-6-8-15-10-13(11)19-3/h6-10,14,16H,4-5H2,1-3H3. The molecule has 0 bridgehead atoms. The molecule has 1 atom stereocenters. The van der Waals surface area contributed by atoms with Gasteiger partial charge in [-0.15, -0.1) is 0 Å². The summed E-state index contributed by atoms with van der Waals surface area (Å²) in [4.78, 5) is 4.11.